The molecule has 162 valence electrons. The molecule has 1 atom stereocenters. The number of aryl methyl sites for hydroxylation is 1. The molecule has 0 saturated heterocycles. The fraction of sp³-hybridized carbons (Fsp3) is 0.148. The minimum Gasteiger partial charge on any atom is -0.508 e. The minimum absolute atomic E-state index is 0.124. The lowest BCUT2D eigenvalue weighted by molar-refractivity contribution is -0.123. The highest BCUT2D eigenvalue weighted by molar-refractivity contribution is 5.89. The van der Waals surface area contributed by atoms with Gasteiger partial charge in [0.2, 0.25) is 0 Å². The molecular weight excluding hydrogens is 402 g/mol. The van der Waals surface area contributed by atoms with Crippen molar-refractivity contribution in [1.29, 1.82) is 0 Å². The number of nitrogens with one attached hydrogen (secondary N) is 1. The van der Waals surface area contributed by atoms with Crippen LogP contribution >= 0.6 is 0 Å². The standard InChI is InChI=1S/C27H25NO4/c1-18-12-15-23(24(16-18)31-2)32-17-25(30)28-27(20-9-4-3-5-10-20)26-21-11-7-6-8-19(21)13-14-22(26)29/h3-16,27,29H,17H2,1-2H3,(H,28,30). The highest BCUT2D eigenvalue weighted by atomic mass is 16.5. The Bertz CT molecular complexity index is 1240. The van der Waals surface area contributed by atoms with Crippen LogP contribution in [-0.4, -0.2) is 24.7 Å². The van der Waals surface area contributed by atoms with Crippen LogP contribution in [0.3, 0.4) is 0 Å². The number of fused-ring (bicyclic) bond motifs is 1. The van der Waals surface area contributed by atoms with Crippen molar-refractivity contribution in [2.75, 3.05) is 13.7 Å². The second kappa shape index (κ2) is 9.43. The molecule has 32 heavy (non-hydrogen) atoms. The lowest BCUT2D eigenvalue weighted by Crippen LogP contribution is -2.33. The molecule has 0 bridgehead atoms. The molecule has 0 spiro atoms. The lowest BCUT2D eigenvalue weighted by atomic mass is 9.92. The smallest absolute Gasteiger partial charge is 0.258 e. The zero-order valence-electron chi connectivity index (χ0n) is 18.0. The Kier molecular flexibility index (Phi) is 6.26. The molecular formula is C27H25NO4. The van der Waals surface area contributed by atoms with Crippen LogP contribution in [0, 0.1) is 6.92 Å². The number of benzene rings is 4. The van der Waals surface area contributed by atoms with E-state index in [0.717, 1.165) is 21.9 Å². The Morgan fingerprint density at radius 3 is 2.47 bits per heavy atom. The number of phenols is 1. The van der Waals surface area contributed by atoms with Crippen molar-refractivity contribution in [3.63, 3.8) is 0 Å². The maximum absolute atomic E-state index is 12.9. The zero-order chi connectivity index (χ0) is 22.5. The van der Waals surface area contributed by atoms with Gasteiger partial charge in [-0.1, -0.05) is 66.7 Å². The maximum Gasteiger partial charge on any atom is 0.258 e. The molecule has 0 aliphatic rings. The van der Waals surface area contributed by atoms with Crippen LogP contribution in [0.5, 0.6) is 17.2 Å². The number of carbonyl (C=O) groups is 1. The van der Waals surface area contributed by atoms with Gasteiger partial charge in [-0.15, -0.1) is 0 Å². The molecule has 4 aromatic rings. The van der Waals surface area contributed by atoms with Crippen LogP contribution in [0.4, 0.5) is 0 Å². The molecule has 0 saturated carbocycles. The van der Waals surface area contributed by atoms with Crippen LogP contribution in [-0.2, 0) is 4.79 Å². The predicted octanol–water partition coefficient (Wildman–Crippen LogP) is 5.15. The van der Waals surface area contributed by atoms with Gasteiger partial charge in [0.1, 0.15) is 5.75 Å². The molecule has 0 radical (unpaired) electrons. The van der Waals surface area contributed by atoms with E-state index in [2.05, 4.69) is 5.32 Å². The summed E-state index contributed by atoms with van der Waals surface area (Å²) in [5, 5.41) is 15.7. The molecule has 0 aliphatic heterocycles. The number of rotatable bonds is 7. The van der Waals surface area contributed by atoms with Crippen molar-refractivity contribution in [2.24, 2.45) is 0 Å². The van der Waals surface area contributed by atoms with E-state index in [9.17, 15) is 9.90 Å². The van der Waals surface area contributed by atoms with Crippen LogP contribution in [0.2, 0.25) is 0 Å². The van der Waals surface area contributed by atoms with E-state index in [1.54, 1.807) is 19.2 Å². The normalized spacial score (nSPS) is 11.7. The molecule has 1 amide bonds. The Balaban J connectivity index is 1.64. The molecule has 0 fully saturated rings. The third kappa shape index (κ3) is 4.52. The molecule has 0 heterocycles. The summed E-state index contributed by atoms with van der Waals surface area (Å²) in [6, 6.07) is 25.9. The van der Waals surface area contributed by atoms with Crippen molar-refractivity contribution in [2.45, 2.75) is 13.0 Å². The second-order valence-corrected chi connectivity index (χ2v) is 7.57. The summed E-state index contributed by atoms with van der Waals surface area (Å²) in [5.74, 6) is 0.884. The van der Waals surface area contributed by atoms with Gasteiger partial charge in [0.15, 0.2) is 18.1 Å². The lowest BCUT2D eigenvalue weighted by Gasteiger charge is -2.23. The molecule has 4 rings (SSSR count). The molecule has 4 aromatic carbocycles. The summed E-state index contributed by atoms with van der Waals surface area (Å²) in [6.07, 6.45) is 0. The molecule has 0 aromatic heterocycles. The van der Waals surface area contributed by atoms with Gasteiger partial charge < -0.3 is 19.9 Å². The summed E-state index contributed by atoms with van der Waals surface area (Å²) >= 11 is 0. The number of methoxy groups -OCH3 is 1. The SMILES string of the molecule is COc1cc(C)ccc1OCC(=O)NC(c1ccccc1)c1c(O)ccc2ccccc12. The molecule has 5 nitrogen and oxygen atoms in total. The quantitative estimate of drug-likeness (QED) is 0.428. The number of hydrogen-bond donors (Lipinski definition) is 2. The van der Waals surface area contributed by atoms with E-state index >= 15 is 0 Å². The average Bonchev–Trinajstić information content (AvgIpc) is 2.82. The van der Waals surface area contributed by atoms with Crippen LogP contribution in [0.15, 0.2) is 84.9 Å². The number of phenolic OH excluding ortho intramolecular Hbond substituents is 1. The minimum atomic E-state index is -0.543. The summed E-state index contributed by atoms with van der Waals surface area (Å²) in [6.45, 7) is 1.77. The van der Waals surface area contributed by atoms with Gasteiger partial charge in [-0.2, -0.15) is 0 Å². The zero-order valence-corrected chi connectivity index (χ0v) is 18.0. The Labute approximate surface area is 187 Å². The largest absolute Gasteiger partial charge is 0.508 e. The van der Waals surface area contributed by atoms with Gasteiger partial charge in [-0.3, -0.25) is 4.79 Å². The van der Waals surface area contributed by atoms with E-state index in [1.165, 1.54) is 0 Å². The van der Waals surface area contributed by atoms with Crippen LogP contribution in [0.25, 0.3) is 10.8 Å². The Morgan fingerprint density at radius 1 is 0.938 bits per heavy atom. The summed E-state index contributed by atoms with van der Waals surface area (Å²) < 4.78 is 11.1. The molecule has 1 unspecified atom stereocenters. The van der Waals surface area contributed by atoms with E-state index < -0.39 is 6.04 Å². The van der Waals surface area contributed by atoms with Gasteiger partial charge in [0.05, 0.1) is 13.2 Å². The molecule has 0 aliphatic carbocycles. The third-order valence-electron chi connectivity index (χ3n) is 5.35. The number of hydrogen-bond acceptors (Lipinski definition) is 4. The highest BCUT2D eigenvalue weighted by Gasteiger charge is 2.23. The highest BCUT2D eigenvalue weighted by Crippen LogP contribution is 2.36. The first-order valence-corrected chi connectivity index (χ1v) is 10.4. The number of ether oxygens (including phenoxy) is 2. The predicted molar refractivity (Wildman–Crippen MR) is 125 cm³/mol. The van der Waals surface area contributed by atoms with E-state index in [4.69, 9.17) is 9.47 Å². The number of carbonyl (C=O) groups excluding carboxylic acids is 1. The van der Waals surface area contributed by atoms with Gasteiger partial charge in [0, 0.05) is 5.56 Å². The summed E-state index contributed by atoms with van der Waals surface area (Å²) in [4.78, 5) is 12.9. The Hall–Kier alpha value is -3.99. The topological polar surface area (TPSA) is 67.8 Å². The Morgan fingerprint density at radius 2 is 1.69 bits per heavy atom. The maximum atomic E-state index is 12.9. The fourth-order valence-electron chi connectivity index (χ4n) is 3.80. The number of amides is 1. The van der Waals surface area contributed by atoms with Crippen molar-refractivity contribution >= 4 is 16.7 Å². The first kappa shape index (κ1) is 21.2. The van der Waals surface area contributed by atoms with E-state index in [1.807, 2.05) is 79.7 Å². The van der Waals surface area contributed by atoms with Gasteiger partial charge in [-0.25, -0.2) is 0 Å². The molecule has 2 N–H and O–H groups in total. The summed E-state index contributed by atoms with van der Waals surface area (Å²) in [5.41, 5.74) is 2.55. The van der Waals surface area contributed by atoms with Crippen molar-refractivity contribution < 1.29 is 19.4 Å². The van der Waals surface area contributed by atoms with Crippen molar-refractivity contribution in [3.8, 4) is 17.2 Å². The second-order valence-electron chi connectivity index (χ2n) is 7.57. The summed E-state index contributed by atoms with van der Waals surface area (Å²) in [7, 11) is 1.57. The van der Waals surface area contributed by atoms with Gasteiger partial charge in [0.25, 0.3) is 5.91 Å². The molecule has 5 heteroatoms. The monoisotopic (exact) mass is 427 g/mol. The van der Waals surface area contributed by atoms with Gasteiger partial charge in [-0.05, 0) is 47.0 Å². The van der Waals surface area contributed by atoms with Gasteiger partial charge >= 0.3 is 0 Å². The van der Waals surface area contributed by atoms with Crippen molar-refractivity contribution in [1.82, 2.24) is 5.32 Å². The average molecular weight is 428 g/mol. The van der Waals surface area contributed by atoms with E-state index in [-0.39, 0.29) is 18.3 Å². The first-order valence-electron chi connectivity index (χ1n) is 10.4. The van der Waals surface area contributed by atoms with Crippen LogP contribution in [0.1, 0.15) is 22.7 Å². The van der Waals surface area contributed by atoms with E-state index in [0.29, 0.717) is 17.1 Å². The number of aromatic hydroxyl groups is 1. The van der Waals surface area contributed by atoms with Crippen LogP contribution < -0.4 is 14.8 Å². The fourth-order valence-corrected chi connectivity index (χ4v) is 3.80. The van der Waals surface area contributed by atoms with Crippen molar-refractivity contribution in [3.05, 3.63) is 102 Å². The third-order valence-corrected chi connectivity index (χ3v) is 5.35. The first-order chi connectivity index (χ1) is 15.6.